The molecule has 0 saturated heterocycles. The van der Waals surface area contributed by atoms with Crippen LogP contribution in [0.4, 0.5) is 4.79 Å². The summed E-state index contributed by atoms with van der Waals surface area (Å²) >= 11 is 0. The summed E-state index contributed by atoms with van der Waals surface area (Å²) < 4.78 is 15.8. The van der Waals surface area contributed by atoms with Crippen molar-refractivity contribution in [2.75, 3.05) is 14.2 Å². The monoisotopic (exact) mass is 345 g/mol. The topological polar surface area (TPSA) is 73.9 Å². The van der Waals surface area contributed by atoms with E-state index in [0.717, 1.165) is 0 Å². The van der Waals surface area contributed by atoms with E-state index >= 15 is 0 Å². The minimum absolute atomic E-state index is 0.175. The quantitative estimate of drug-likeness (QED) is 0.849. The first-order valence-corrected chi connectivity index (χ1v) is 7.89. The van der Waals surface area contributed by atoms with E-state index in [1.807, 2.05) is 0 Å². The lowest BCUT2D eigenvalue weighted by Gasteiger charge is -2.21. The van der Waals surface area contributed by atoms with E-state index in [2.05, 4.69) is 5.32 Å². The van der Waals surface area contributed by atoms with Gasteiger partial charge < -0.3 is 19.5 Å². The molecule has 0 radical (unpaired) electrons. The van der Waals surface area contributed by atoms with Crippen molar-refractivity contribution in [3.63, 3.8) is 0 Å². The highest BCUT2D eigenvalue weighted by Crippen LogP contribution is 2.28. The first-order chi connectivity index (χ1) is 11.7. The summed E-state index contributed by atoms with van der Waals surface area (Å²) in [6, 6.07) is 4.74. The summed E-state index contributed by atoms with van der Waals surface area (Å²) in [7, 11) is 3.11. The summed E-state index contributed by atoms with van der Waals surface area (Å²) in [6.45, 7) is 5.33. The van der Waals surface area contributed by atoms with Crippen molar-refractivity contribution in [2.24, 2.45) is 0 Å². The third-order valence-corrected chi connectivity index (χ3v) is 3.48. The van der Waals surface area contributed by atoms with Crippen LogP contribution in [0, 0.1) is 0 Å². The second-order valence-electron chi connectivity index (χ2n) is 6.55. The summed E-state index contributed by atoms with van der Waals surface area (Å²) in [4.78, 5) is 24.2. The number of alkyl carbamates (subject to hydrolysis) is 1. The molecule has 1 aliphatic rings. The number of rotatable bonds is 4. The van der Waals surface area contributed by atoms with Crippen molar-refractivity contribution in [2.45, 2.75) is 32.4 Å². The number of carbonyl (C=O) groups is 2. The molecule has 0 bridgehead atoms. The fourth-order valence-corrected chi connectivity index (χ4v) is 2.38. The fraction of sp³-hybridized carbons (Fsp3) is 0.368. The van der Waals surface area contributed by atoms with E-state index in [-0.39, 0.29) is 5.78 Å². The van der Waals surface area contributed by atoms with Crippen LogP contribution in [0.1, 0.15) is 26.3 Å². The number of carbonyl (C=O) groups excluding carboxylic acids is 2. The number of ether oxygens (including phenoxy) is 3. The fourth-order valence-electron chi connectivity index (χ4n) is 2.38. The molecule has 6 nitrogen and oxygen atoms in total. The van der Waals surface area contributed by atoms with Crippen molar-refractivity contribution in [1.82, 2.24) is 5.32 Å². The molecule has 25 heavy (non-hydrogen) atoms. The number of hydrogen-bond donors (Lipinski definition) is 1. The average Bonchev–Trinajstić information content (AvgIpc) is 2.86. The highest BCUT2D eigenvalue weighted by Gasteiger charge is 2.27. The van der Waals surface area contributed by atoms with Crippen molar-refractivity contribution in [3.05, 3.63) is 41.5 Å². The molecule has 1 aromatic carbocycles. The van der Waals surface area contributed by atoms with E-state index in [0.29, 0.717) is 22.6 Å². The van der Waals surface area contributed by atoms with E-state index in [9.17, 15) is 9.59 Å². The van der Waals surface area contributed by atoms with Crippen LogP contribution in [0.3, 0.4) is 0 Å². The minimum Gasteiger partial charge on any atom is -0.497 e. The molecule has 0 unspecified atom stereocenters. The maximum atomic E-state index is 12.2. The Kier molecular flexibility index (Phi) is 5.51. The Morgan fingerprint density at radius 1 is 1.20 bits per heavy atom. The zero-order valence-electron chi connectivity index (χ0n) is 15.1. The molecule has 1 N–H and O–H groups in total. The highest BCUT2D eigenvalue weighted by atomic mass is 16.6. The van der Waals surface area contributed by atoms with E-state index in [1.54, 1.807) is 65.3 Å². The Labute approximate surface area is 147 Å². The van der Waals surface area contributed by atoms with Crippen molar-refractivity contribution in [1.29, 1.82) is 0 Å². The Morgan fingerprint density at radius 2 is 1.92 bits per heavy atom. The first kappa shape index (κ1) is 18.6. The molecule has 1 aliphatic carbocycles. The van der Waals surface area contributed by atoms with Gasteiger partial charge in [0.2, 0.25) is 0 Å². The zero-order valence-corrected chi connectivity index (χ0v) is 15.1. The maximum absolute atomic E-state index is 12.2. The molecule has 2 rings (SSSR count). The van der Waals surface area contributed by atoms with Gasteiger partial charge in [-0.15, -0.1) is 0 Å². The van der Waals surface area contributed by atoms with Gasteiger partial charge in [-0.2, -0.15) is 0 Å². The van der Waals surface area contributed by atoms with Gasteiger partial charge in [0.15, 0.2) is 5.78 Å². The number of ketones is 1. The van der Waals surface area contributed by atoms with Crippen LogP contribution in [0.25, 0.3) is 6.08 Å². The van der Waals surface area contributed by atoms with Crippen LogP contribution in [-0.2, 0) is 9.53 Å². The molecular weight excluding hydrogens is 322 g/mol. The number of hydrogen-bond acceptors (Lipinski definition) is 5. The molecule has 0 spiro atoms. The molecule has 134 valence electrons. The van der Waals surface area contributed by atoms with Gasteiger partial charge in [0.1, 0.15) is 17.1 Å². The van der Waals surface area contributed by atoms with Gasteiger partial charge in [0.05, 0.1) is 20.3 Å². The van der Waals surface area contributed by atoms with Crippen LogP contribution in [0.5, 0.6) is 11.5 Å². The second kappa shape index (κ2) is 7.42. The molecule has 6 heteroatoms. The standard InChI is InChI=1S/C19H23NO5/c1-19(2,3)25-18(22)20-15-7-8-16(21)14(15)11-12-10-13(23-4)6-9-17(12)24-5/h6-11,15H,1-5H3,(H,20,22)/b14-11+/t15-/m0/s1. The van der Waals surface area contributed by atoms with Crippen LogP contribution in [0.2, 0.25) is 0 Å². The lowest BCUT2D eigenvalue weighted by atomic mass is 10.0. The van der Waals surface area contributed by atoms with Gasteiger partial charge in [-0.05, 0) is 51.1 Å². The third kappa shape index (κ3) is 4.86. The highest BCUT2D eigenvalue weighted by molar-refractivity contribution is 6.11. The lowest BCUT2D eigenvalue weighted by molar-refractivity contribution is -0.111. The predicted molar refractivity (Wildman–Crippen MR) is 94.8 cm³/mol. The van der Waals surface area contributed by atoms with Crippen molar-refractivity contribution >= 4 is 18.0 Å². The van der Waals surface area contributed by atoms with Crippen LogP contribution in [-0.4, -0.2) is 37.7 Å². The van der Waals surface area contributed by atoms with Crippen LogP contribution >= 0.6 is 0 Å². The molecule has 0 fully saturated rings. The SMILES string of the molecule is COc1ccc(OC)c(/C=C2/C(=O)C=C[C@@H]2NC(=O)OC(C)(C)C)c1. The van der Waals surface area contributed by atoms with Gasteiger partial charge in [-0.3, -0.25) is 4.79 Å². The predicted octanol–water partition coefficient (Wildman–Crippen LogP) is 3.12. The Morgan fingerprint density at radius 3 is 2.52 bits per heavy atom. The van der Waals surface area contributed by atoms with E-state index in [1.165, 1.54) is 6.08 Å². The summed E-state index contributed by atoms with van der Waals surface area (Å²) in [5.74, 6) is 1.07. The Hall–Kier alpha value is -2.76. The molecule has 0 saturated carbocycles. The van der Waals surface area contributed by atoms with Gasteiger partial charge in [0.25, 0.3) is 0 Å². The third-order valence-electron chi connectivity index (χ3n) is 3.48. The van der Waals surface area contributed by atoms with E-state index < -0.39 is 17.7 Å². The molecule has 0 aromatic heterocycles. The number of allylic oxidation sites excluding steroid dienone is 1. The minimum atomic E-state index is -0.615. The second-order valence-corrected chi connectivity index (χ2v) is 6.55. The van der Waals surface area contributed by atoms with Gasteiger partial charge in [0, 0.05) is 11.1 Å². The number of benzene rings is 1. The van der Waals surface area contributed by atoms with Gasteiger partial charge >= 0.3 is 6.09 Å². The average molecular weight is 345 g/mol. The summed E-state index contributed by atoms with van der Waals surface area (Å²) in [6.07, 6.45) is 4.16. The molecule has 0 heterocycles. The number of nitrogens with one attached hydrogen (secondary N) is 1. The largest absolute Gasteiger partial charge is 0.497 e. The van der Waals surface area contributed by atoms with Crippen molar-refractivity contribution in [3.8, 4) is 11.5 Å². The zero-order chi connectivity index (χ0) is 18.6. The smallest absolute Gasteiger partial charge is 0.408 e. The molecule has 1 amide bonds. The molecule has 1 atom stereocenters. The first-order valence-electron chi connectivity index (χ1n) is 7.89. The maximum Gasteiger partial charge on any atom is 0.408 e. The Balaban J connectivity index is 2.28. The summed E-state index contributed by atoms with van der Waals surface area (Å²) in [5.41, 5.74) is 0.498. The van der Waals surface area contributed by atoms with Crippen LogP contribution < -0.4 is 14.8 Å². The molecule has 0 aliphatic heterocycles. The molecular formula is C19H23NO5. The normalized spacial score (nSPS) is 18.4. The summed E-state index contributed by atoms with van der Waals surface area (Å²) in [5, 5.41) is 2.69. The van der Waals surface area contributed by atoms with Gasteiger partial charge in [-0.25, -0.2) is 4.79 Å². The number of amides is 1. The van der Waals surface area contributed by atoms with Crippen LogP contribution in [0.15, 0.2) is 35.9 Å². The Bertz CT molecular complexity index is 728. The number of methoxy groups -OCH3 is 2. The molecule has 1 aromatic rings. The van der Waals surface area contributed by atoms with E-state index in [4.69, 9.17) is 14.2 Å². The van der Waals surface area contributed by atoms with Crippen molar-refractivity contribution < 1.29 is 23.8 Å². The van der Waals surface area contributed by atoms with Gasteiger partial charge in [-0.1, -0.05) is 6.08 Å². The lowest BCUT2D eigenvalue weighted by Crippen LogP contribution is -2.38.